The van der Waals surface area contributed by atoms with Gasteiger partial charge in [0.2, 0.25) is 0 Å². The Morgan fingerprint density at radius 1 is 1.06 bits per heavy atom. The number of amides is 1. The highest BCUT2D eigenvalue weighted by Crippen LogP contribution is 2.33. The molecule has 3 aromatic rings. The van der Waals surface area contributed by atoms with Crippen LogP contribution >= 0.6 is 11.3 Å². The molecule has 1 fully saturated rings. The van der Waals surface area contributed by atoms with Gasteiger partial charge in [-0.05, 0) is 43.5 Å². The van der Waals surface area contributed by atoms with Crippen molar-refractivity contribution in [1.82, 2.24) is 14.5 Å². The molecule has 6 nitrogen and oxygen atoms in total. The van der Waals surface area contributed by atoms with Crippen LogP contribution in [-0.2, 0) is 19.1 Å². The van der Waals surface area contributed by atoms with Gasteiger partial charge in [0.1, 0.15) is 10.7 Å². The van der Waals surface area contributed by atoms with Gasteiger partial charge in [-0.15, -0.1) is 11.3 Å². The van der Waals surface area contributed by atoms with Crippen LogP contribution in [0.4, 0.5) is 18.9 Å². The second-order valence-electron chi connectivity index (χ2n) is 8.86. The maximum Gasteiger partial charge on any atom is 0.416 e. The van der Waals surface area contributed by atoms with Gasteiger partial charge < -0.3 is 9.80 Å². The third-order valence-electron chi connectivity index (χ3n) is 6.71. The van der Waals surface area contributed by atoms with Crippen LogP contribution < -0.4 is 10.5 Å². The molecule has 5 rings (SSSR count). The molecule has 0 N–H and O–H groups in total. The van der Waals surface area contributed by atoms with E-state index in [0.29, 0.717) is 59.1 Å². The number of hydrogen-bond donors (Lipinski definition) is 0. The lowest BCUT2D eigenvalue weighted by molar-refractivity contribution is -0.137. The van der Waals surface area contributed by atoms with Gasteiger partial charge in [-0.2, -0.15) is 13.2 Å². The summed E-state index contributed by atoms with van der Waals surface area (Å²) in [4.78, 5) is 36.0. The van der Waals surface area contributed by atoms with E-state index in [9.17, 15) is 22.8 Å². The number of piperazine rings is 1. The predicted molar refractivity (Wildman–Crippen MR) is 126 cm³/mol. The average molecular weight is 491 g/mol. The van der Waals surface area contributed by atoms with Crippen molar-refractivity contribution in [3.63, 3.8) is 0 Å². The number of aromatic nitrogens is 2. The molecular formula is C24H25F3N4O2S. The molecule has 0 spiro atoms. The Kier molecular flexibility index (Phi) is 5.87. The highest BCUT2D eigenvalue weighted by molar-refractivity contribution is 7.20. The number of rotatable bonds is 2. The molecule has 1 aromatic carbocycles. The number of fused-ring (bicyclic) bond motifs is 2. The zero-order valence-electron chi connectivity index (χ0n) is 18.8. The zero-order chi connectivity index (χ0) is 24.0. The van der Waals surface area contributed by atoms with Crippen molar-refractivity contribution in [3.05, 3.63) is 56.4 Å². The predicted octanol–water partition coefficient (Wildman–Crippen LogP) is 4.47. The number of alkyl halides is 3. The maximum atomic E-state index is 13.3. The molecule has 0 aliphatic carbocycles. The minimum absolute atomic E-state index is 0.0657. The Morgan fingerprint density at radius 2 is 1.82 bits per heavy atom. The Hall–Kier alpha value is -2.88. The third-order valence-corrected chi connectivity index (χ3v) is 7.88. The fourth-order valence-corrected chi connectivity index (χ4v) is 5.96. The molecule has 2 aromatic heterocycles. The molecule has 2 aliphatic heterocycles. The van der Waals surface area contributed by atoms with Crippen molar-refractivity contribution < 1.29 is 18.0 Å². The van der Waals surface area contributed by atoms with Crippen LogP contribution in [0.1, 0.15) is 45.9 Å². The maximum absolute atomic E-state index is 13.3. The number of benzene rings is 1. The molecule has 34 heavy (non-hydrogen) atoms. The summed E-state index contributed by atoms with van der Waals surface area (Å²) in [5, 5.41) is 0.529. The number of carbonyl (C=O) groups is 1. The van der Waals surface area contributed by atoms with Gasteiger partial charge in [0.05, 0.1) is 15.8 Å². The summed E-state index contributed by atoms with van der Waals surface area (Å²) in [5.41, 5.74) is 0.423. The summed E-state index contributed by atoms with van der Waals surface area (Å²) in [6.07, 6.45) is -0.596. The summed E-state index contributed by atoms with van der Waals surface area (Å²) in [5.74, 6) is 0.647. The molecule has 1 amide bonds. The largest absolute Gasteiger partial charge is 0.416 e. The summed E-state index contributed by atoms with van der Waals surface area (Å²) in [6.45, 7) is 4.13. The number of carbonyl (C=O) groups excluding carboxylic acids is 1. The van der Waals surface area contributed by atoms with Crippen molar-refractivity contribution >= 4 is 33.1 Å². The molecule has 1 saturated heterocycles. The first-order valence-corrected chi connectivity index (χ1v) is 12.3. The van der Waals surface area contributed by atoms with Gasteiger partial charge in [0.15, 0.2) is 0 Å². The fraction of sp³-hybridized carbons (Fsp3) is 0.458. The van der Waals surface area contributed by atoms with E-state index in [2.05, 4.69) is 0 Å². The second kappa shape index (κ2) is 8.72. The van der Waals surface area contributed by atoms with Crippen molar-refractivity contribution in [2.75, 3.05) is 31.1 Å². The standard InChI is InChI=1S/C24H25F3N4O2S/c1-15-19-21(28-18-8-3-2-4-9-31(18)22(19)32)34-20(15)23(33)30-12-10-29(11-13-30)17-7-5-6-16(14-17)24(25,26)27/h5-7,14H,2-4,8-13H2,1H3. The van der Waals surface area contributed by atoms with Crippen LogP contribution in [0.3, 0.4) is 0 Å². The summed E-state index contributed by atoms with van der Waals surface area (Å²) in [6, 6.07) is 5.27. The van der Waals surface area contributed by atoms with E-state index in [1.165, 1.54) is 17.4 Å². The molecule has 2 aliphatic rings. The van der Waals surface area contributed by atoms with Gasteiger partial charge in [-0.25, -0.2) is 4.98 Å². The van der Waals surface area contributed by atoms with Crippen molar-refractivity contribution in [2.24, 2.45) is 0 Å². The van der Waals surface area contributed by atoms with E-state index in [1.54, 1.807) is 22.5 Å². The van der Waals surface area contributed by atoms with Gasteiger partial charge >= 0.3 is 6.18 Å². The molecule has 0 atom stereocenters. The van der Waals surface area contributed by atoms with Gasteiger partial charge in [0, 0.05) is 44.8 Å². The normalized spacial score (nSPS) is 17.1. The zero-order valence-corrected chi connectivity index (χ0v) is 19.6. The lowest BCUT2D eigenvalue weighted by Gasteiger charge is -2.36. The lowest BCUT2D eigenvalue weighted by atomic mass is 10.1. The first-order chi connectivity index (χ1) is 16.2. The highest BCUT2D eigenvalue weighted by atomic mass is 32.1. The van der Waals surface area contributed by atoms with E-state index in [4.69, 9.17) is 4.98 Å². The van der Waals surface area contributed by atoms with Gasteiger partial charge in [-0.1, -0.05) is 12.5 Å². The van der Waals surface area contributed by atoms with Crippen LogP contribution in [0.5, 0.6) is 0 Å². The smallest absolute Gasteiger partial charge is 0.368 e. The SMILES string of the molecule is Cc1c(C(=O)N2CCN(c3cccc(C(F)(F)F)c3)CC2)sc2nc3n(c(=O)c12)CCCCC3. The Bertz CT molecular complexity index is 1310. The van der Waals surface area contributed by atoms with Gasteiger partial charge in [0.25, 0.3) is 11.5 Å². The molecule has 0 radical (unpaired) electrons. The summed E-state index contributed by atoms with van der Waals surface area (Å²) in [7, 11) is 0. The van der Waals surface area contributed by atoms with Crippen LogP contribution in [0, 0.1) is 6.92 Å². The Morgan fingerprint density at radius 3 is 2.56 bits per heavy atom. The van der Waals surface area contributed by atoms with E-state index < -0.39 is 11.7 Å². The number of anilines is 1. The van der Waals surface area contributed by atoms with E-state index >= 15 is 0 Å². The molecule has 180 valence electrons. The van der Waals surface area contributed by atoms with E-state index in [1.807, 2.05) is 4.90 Å². The quantitative estimate of drug-likeness (QED) is 0.532. The topological polar surface area (TPSA) is 58.4 Å². The van der Waals surface area contributed by atoms with Gasteiger partial charge in [-0.3, -0.25) is 14.2 Å². The van der Waals surface area contributed by atoms with Crippen LogP contribution in [0.25, 0.3) is 10.2 Å². The van der Waals surface area contributed by atoms with Crippen LogP contribution in [0.2, 0.25) is 0 Å². The summed E-state index contributed by atoms with van der Waals surface area (Å²) >= 11 is 1.27. The lowest BCUT2D eigenvalue weighted by Crippen LogP contribution is -2.48. The molecule has 10 heteroatoms. The van der Waals surface area contributed by atoms with E-state index in [0.717, 1.165) is 43.6 Å². The highest BCUT2D eigenvalue weighted by Gasteiger charge is 2.32. The number of hydrogen-bond acceptors (Lipinski definition) is 5. The summed E-state index contributed by atoms with van der Waals surface area (Å²) < 4.78 is 41.0. The van der Waals surface area contributed by atoms with Crippen molar-refractivity contribution in [3.8, 4) is 0 Å². The number of aryl methyl sites for hydroxylation is 2. The van der Waals surface area contributed by atoms with Crippen LogP contribution in [-0.4, -0.2) is 46.5 Å². The average Bonchev–Trinajstić information content (AvgIpc) is 2.99. The molecule has 0 unspecified atom stereocenters. The third kappa shape index (κ3) is 4.08. The second-order valence-corrected chi connectivity index (χ2v) is 9.86. The molecule has 0 saturated carbocycles. The Labute approximate surface area is 198 Å². The van der Waals surface area contributed by atoms with Crippen molar-refractivity contribution in [2.45, 2.75) is 45.3 Å². The van der Waals surface area contributed by atoms with E-state index in [-0.39, 0.29) is 11.5 Å². The number of halogens is 3. The van der Waals surface area contributed by atoms with Crippen molar-refractivity contribution in [1.29, 1.82) is 0 Å². The Balaban J connectivity index is 1.36. The fourth-order valence-electron chi connectivity index (χ4n) is 4.80. The number of nitrogens with zero attached hydrogens (tertiary/aromatic N) is 4. The first kappa shape index (κ1) is 22.9. The monoisotopic (exact) mass is 490 g/mol. The molecule has 4 heterocycles. The number of thiophene rings is 1. The molecular weight excluding hydrogens is 465 g/mol. The minimum atomic E-state index is -4.39. The van der Waals surface area contributed by atoms with Crippen LogP contribution in [0.15, 0.2) is 29.1 Å². The molecule has 0 bridgehead atoms. The minimum Gasteiger partial charge on any atom is -0.368 e. The first-order valence-electron chi connectivity index (χ1n) is 11.5.